The number of nitrogens with one attached hydrogen (secondary N) is 1. The van der Waals surface area contributed by atoms with E-state index in [4.69, 9.17) is 11.6 Å². The van der Waals surface area contributed by atoms with Gasteiger partial charge in [-0.15, -0.1) is 16.8 Å². The third kappa shape index (κ3) is 5.35. The lowest BCUT2D eigenvalue weighted by Gasteiger charge is -2.15. The number of allylic oxidation sites excluding steroid dienone is 1. The average Bonchev–Trinajstić information content (AvgIpc) is 3.22. The quantitative estimate of drug-likeness (QED) is 0.232. The van der Waals surface area contributed by atoms with E-state index in [1.165, 1.54) is 11.8 Å². The van der Waals surface area contributed by atoms with Crippen LogP contribution in [-0.2, 0) is 11.3 Å². The number of hydrogen-bond donors (Lipinski definition) is 1. The number of aromatic nitrogens is 3. The standard InChI is InChI=1S/C26H23ClN4OS/c1-3-17-31-24(20-13-15-21(27)16-14-20)29-30-26(31)33-18(2)25(32)28-23-12-8-7-11-22(23)19-9-5-4-6-10-19/h3-16,18H,1,17H2,2H3,(H,28,32). The number of anilines is 1. The molecule has 0 bridgehead atoms. The first-order valence-corrected chi connectivity index (χ1v) is 11.7. The van der Waals surface area contributed by atoms with E-state index in [9.17, 15) is 4.79 Å². The number of para-hydroxylation sites is 1. The molecule has 4 aromatic rings. The average molecular weight is 475 g/mol. The molecule has 1 aromatic heterocycles. The molecule has 1 heterocycles. The zero-order chi connectivity index (χ0) is 23.2. The molecule has 0 aliphatic rings. The van der Waals surface area contributed by atoms with E-state index in [2.05, 4.69) is 22.1 Å². The van der Waals surface area contributed by atoms with Gasteiger partial charge in [-0.05, 0) is 42.8 Å². The third-order valence-corrected chi connectivity index (χ3v) is 6.38. The van der Waals surface area contributed by atoms with Crippen LogP contribution in [0.5, 0.6) is 0 Å². The smallest absolute Gasteiger partial charge is 0.237 e. The van der Waals surface area contributed by atoms with Gasteiger partial charge < -0.3 is 5.32 Å². The van der Waals surface area contributed by atoms with Crippen molar-refractivity contribution in [3.8, 4) is 22.5 Å². The zero-order valence-corrected chi connectivity index (χ0v) is 19.7. The highest BCUT2D eigenvalue weighted by atomic mass is 35.5. The molecule has 0 spiro atoms. The van der Waals surface area contributed by atoms with Crippen molar-refractivity contribution in [2.45, 2.75) is 23.9 Å². The molecule has 33 heavy (non-hydrogen) atoms. The van der Waals surface area contributed by atoms with Gasteiger partial charge in [0, 0.05) is 28.4 Å². The molecule has 166 valence electrons. The summed E-state index contributed by atoms with van der Waals surface area (Å²) in [5.41, 5.74) is 3.69. The first kappa shape index (κ1) is 22.8. The van der Waals surface area contributed by atoms with Gasteiger partial charge >= 0.3 is 0 Å². The van der Waals surface area contributed by atoms with Crippen molar-refractivity contribution in [1.29, 1.82) is 0 Å². The lowest BCUT2D eigenvalue weighted by molar-refractivity contribution is -0.115. The Balaban J connectivity index is 1.53. The van der Waals surface area contributed by atoms with Crippen molar-refractivity contribution in [1.82, 2.24) is 14.8 Å². The Labute approximate surface area is 202 Å². The maximum absolute atomic E-state index is 13.1. The molecule has 4 rings (SSSR count). The van der Waals surface area contributed by atoms with Crippen LogP contribution in [0.4, 0.5) is 5.69 Å². The maximum atomic E-state index is 13.1. The summed E-state index contributed by atoms with van der Waals surface area (Å²) in [7, 11) is 0. The lowest BCUT2D eigenvalue weighted by atomic mass is 10.0. The molecule has 1 atom stereocenters. The van der Waals surface area contributed by atoms with Crippen LogP contribution in [0, 0.1) is 0 Å². The molecule has 5 nitrogen and oxygen atoms in total. The van der Waals surface area contributed by atoms with Gasteiger partial charge in [-0.1, -0.05) is 78.0 Å². The number of carbonyl (C=O) groups is 1. The fraction of sp³-hybridized carbons (Fsp3) is 0.115. The number of hydrogen-bond acceptors (Lipinski definition) is 4. The first-order chi connectivity index (χ1) is 16.1. The molecular weight excluding hydrogens is 452 g/mol. The van der Waals surface area contributed by atoms with Crippen molar-refractivity contribution in [3.63, 3.8) is 0 Å². The van der Waals surface area contributed by atoms with Gasteiger partial charge in [-0.3, -0.25) is 9.36 Å². The predicted molar refractivity (Wildman–Crippen MR) is 136 cm³/mol. The Morgan fingerprint density at radius 3 is 2.45 bits per heavy atom. The SMILES string of the molecule is C=CCn1c(SC(C)C(=O)Nc2ccccc2-c2ccccc2)nnc1-c1ccc(Cl)cc1. The summed E-state index contributed by atoms with van der Waals surface area (Å²) in [4.78, 5) is 13.1. The topological polar surface area (TPSA) is 59.8 Å². The summed E-state index contributed by atoms with van der Waals surface area (Å²) >= 11 is 7.38. The Hall–Kier alpha value is -3.35. The molecule has 1 unspecified atom stereocenters. The van der Waals surface area contributed by atoms with Gasteiger partial charge in [-0.2, -0.15) is 0 Å². The van der Waals surface area contributed by atoms with Crippen molar-refractivity contribution in [2.75, 3.05) is 5.32 Å². The van der Waals surface area contributed by atoms with Gasteiger partial charge in [0.05, 0.1) is 5.25 Å². The second-order valence-corrected chi connectivity index (χ2v) is 9.12. The van der Waals surface area contributed by atoms with Gasteiger partial charge in [0.25, 0.3) is 0 Å². The van der Waals surface area contributed by atoms with E-state index in [-0.39, 0.29) is 11.2 Å². The molecule has 0 aliphatic heterocycles. The van der Waals surface area contributed by atoms with E-state index in [0.29, 0.717) is 22.5 Å². The highest BCUT2D eigenvalue weighted by Crippen LogP contribution is 2.30. The van der Waals surface area contributed by atoms with Gasteiger partial charge in [0.2, 0.25) is 5.91 Å². The number of nitrogens with zero attached hydrogens (tertiary/aromatic N) is 3. The van der Waals surface area contributed by atoms with E-state index >= 15 is 0 Å². The predicted octanol–water partition coefficient (Wildman–Crippen LogP) is 6.57. The van der Waals surface area contributed by atoms with Crippen molar-refractivity contribution in [3.05, 3.63) is 96.5 Å². The van der Waals surface area contributed by atoms with Gasteiger partial charge in [0.15, 0.2) is 11.0 Å². The monoisotopic (exact) mass is 474 g/mol. The minimum Gasteiger partial charge on any atom is -0.325 e. The molecule has 1 N–H and O–H groups in total. The summed E-state index contributed by atoms with van der Waals surface area (Å²) in [6.45, 7) is 6.24. The Morgan fingerprint density at radius 2 is 1.73 bits per heavy atom. The fourth-order valence-electron chi connectivity index (χ4n) is 3.39. The highest BCUT2D eigenvalue weighted by Gasteiger charge is 2.21. The molecule has 7 heteroatoms. The Kier molecular flexibility index (Phi) is 7.27. The maximum Gasteiger partial charge on any atom is 0.237 e. The highest BCUT2D eigenvalue weighted by molar-refractivity contribution is 8.00. The van der Waals surface area contributed by atoms with E-state index in [1.807, 2.05) is 90.4 Å². The van der Waals surface area contributed by atoms with E-state index < -0.39 is 0 Å². The second-order valence-electron chi connectivity index (χ2n) is 7.37. The second kappa shape index (κ2) is 10.5. The van der Waals surface area contributed by atoms with Crippen molar-refractivity contribution < 1.29 is 4.79 Å². The molecule has 0 radical (unpaired) electrons. The normalized spacial score (nSPS) is 11.7. The van der Waals surface area contributed by atoms with Gasteiger partial charge in [-0.25, -0.2) is 0 Å². The third-order valence-electron chi connectivity index (χ3n) is 5.05. The van der Waals surface area contributed by atoms with Crippen molar-refractivity contribution in [2.24, 2.45) is 0 Å². The van der Waals surface area contributed by atoms with Crippen LogP contribution in [0.25, 0.3) is 22.5 Å². The van der Waals surface area contributed by atoms with Crippen LogP contribution >= 0.6 is 23.4 Å². The number of benzene rings is 3. The molecule has 0 aliphatic carbocycles. The van der Waals surface area contributed by atoms with Crippen LogP contribution in [0.2, 0.25) is 5.02 Å². The van der Waals surface area contributed by atoms with Crippen LogP contribution in [-0.4, -0.2) is 25.9 Å². The molecule has 0 saturated carbocycles. The number of amides is 1. The first-order valence-electron chi connectivity index (χ1n) is 10.5. The largest absolute Gasteiger partial charge is 0.325 e. The number of thioether (sulfide) groups is 1. The van der Waals surface area contributed by atoms with E-state index in [1.54, 1.807) is 6.08 Å². The number of halogens is 1. The van der Waals surface area contributed by atoms with Crippen LogP contribution < -0.4 is 5.32 Å². The van der Waals surface area contributed by atoms with Crippen LogP contribution in [0.15, 0.2) is 96.7 Å². The van der Waals surface area contributed by atoms with Crippen LogP contribution in [0.1, 0.15) is 6.92 Å². The Bertz CT molecular complexity index is 1260. The Morgan fingerprint density at radius 1 is 1.03 bits per heavy atom. The number of carbonyl (C=O) groups excluding carboxylic acids is 1. The summed E-state index contributed by atoms with van der Waals surface area (Å²) in [5, 5.41) is 12.7. The zero-order valence-electron chi connectivity index (χ0n) is 18.1. The van der Waals surface area contributed by atoms with Crippen LogP contribution in [0.3, 0.4) is 0 Å². The fourth-order valence-corrected chi connectivity index (χ4v) is 4.37. The summed E-state index contributed by atoms with van der Waals surface area (Å²) in [6.07, 6.45) is 1.79. The molecule has 1 amide bonds. The molecule has 3 aromatic carbocycles. The number of rotatable bonds is 8. The summed E-state index contributed by atoms with van der Waals surface area (Å²) in [5.74, 6) is 0.598. The van der Waals surface area contributed by atoms with E-state index in [0.717, 1.165) is 22.4 Å². The summed E-state index contributed by atoms with van der Waals surface area (Å²) < 4.78 is 1.95. The minimum atomic E-state index is -0.389. The minimum absolute atomic E-state index is 0.107. The lowest BCUT2D eigenvalue weighted by Crippen LogP contribution is -2.23. The molecular formula is C26H23ClN4OS. The summed E-state index contributed by atoms with van der Waals surface area (Å²) in [6, 6.07) is 25.2. The van der Waals surface area contributed by atoms with Crippen molar-refractivity contribution >= 4 is 35.0 Å². The molecule has 0 saturated heterocycles. The molecule has 0 fully saturated rings. The van der Waals surface area contributed by atoms with Gasteiger partial charge in [0.1, 0.15) is 0 Å².